The lowest BCUT2D eigenvalue weighted by Gasteiger charge is -2.17. The molecule has 0 aliphatic carbocycles. The van der Waals surface area contributed by atoms with Gasteiger partial charge in [0.1, 0.15) is 0 Å². The number of hydrogen-bond donors (Lipinski definition) is 1. The van der Waals surface area contributed by atoms with Gasteiger partial charge in [-0.25, -0.2) is 0 Å². The second-order valence-electron chi connectivity index (χ2n) is 4.52. The topological polar surface area (TPSA) is 20.2 Å². The molecule has 0 saturated carbocycles. The van der Waals surface area contributed by atoms with Gasteiger partial charge in [-0.05, 0) is 42.7 Å². The lowest BCUT2D eigenvalue weighted by atomic mass is 10.0. The van der Waals surface area contributed by atoms with Gasteiger partial charge in [0.05, 0.1) is 11.7 Å². The standard InChI is InChI=1S/C13H15F3OS/c14-13(15,16)10-5-3-9(4-6-10)8-11(17)12-2-1-7-18-12/h3-6,11-12,17H,1-2,7-8H2. The fourth-order valence-electron chi connectivity index (χ4n) is 2.11. The van der Waals surface area contributed by atoms with Crippen LogP contribution >= 0.6 is 11.8 Å². The lowest BCUT2D eigenvalue weighted by Crippen LogP contribution is -2.23. The number of halogens is 3. The molecule has 2 atom stereocenters. The van der Waals surface area contributed by atoms with Crippen molar-refractivity contribution < 1.29 is 18.3 Å². The molecule has 1 aliphatic heterocycles. The molecule has 1 aromatic rings. The number of aliphatic hydroxyl groups is 1. The van der Waals surface area contributed by atoms with E-state index in [0.717, 1.165) is 36.3 Å². The molecule has 0 spiro atoms. The summed E-state index contributed by atoms with van der Waals surface area (Å²) in [5.74, 6) is 1.06. The summed E-state index contributed by atoms with van der Waals surface area (Å²) in [6, 6.07) is 5.05. The van der Waals surface area contributed by atoms with Crippen molar-refractivity contribution in [3.63, 3.8) is 0 Å². The van der Waals surface area contributed by atoms with Gasteiger partial charge in [0.25, 0.3) is 0 Å². The van der Waals surface area contributed by atoms with E-state index in [4.69, 9.17) is 0 Å². The normalized spacial score (nSPS) is 22.1. The molecule has 5 heteroatoms. The van der Waals surface area contributed by atoms with Crippen LogP contribution in [0, 0.1) is 0 Å². The Morgan fingerprint density at radius 2 is 1.94 bits per heavy atom. The number of alkyl halides is 3. The highest BCUT2D eigenvalue weighted by atomic mass is 32.2. The fourth-order valence-corrected chi connectivity index (χ4v) is 3.40. The summed E-state index contributed by atoms with van der Waals surface area (Å²) in [6.45, 7) is 0. The van der Waals surface area contributed by atoms with Gasteiger partial charge in [0.15, 0.2) is 0 Å². The maximum atomic E-state index is 12.4. The zero-order chi connectivity index (χ0) is 13.2. The van der Waals surface area contributed by atoms with Crippen LogP contribution in [0.3, 0.4) is 0 Å². The minimum Gasteiger partial charge on any atom is -0.392 e. The predicted molar refractivity (Wildman–Crippen MR) is 66.6 cm³/mol. The van der Waals surface area contributed by atoms with Crippen LogP contribution in [0.2, 0.25) is 0 Å². The van der Waals surface area contributed by atoms with Crippen molar-refractivity contribution in [1.29, 1.82) is 0 Å². The summed E-state index contributed by atoms with van der Waals surface area (Å²) < 4.78 is 37.1. The Kier molecular flexibility index (Phi) is 4.22. The van der Waals surface area contributed by atoms with Crippen LogP contribution < -0.4 is 0 Å². The summed E-state index contributed by atoms with van der Waals surface area (Å²) in [7, 11) is 0. The minimum atomic E-state index is -4.29. The number of hydrogen-bond acceptors (Lipinski definition) is 2. The third-order valence-electron chi connectivity index (χ3n) is 3.12. The first-order chi connectivity index (χ1) is 8.47. The Hall–Kier alpha value is -0.680. The molecular formula is C13H15F3OS. The Morgan fingerprint density at radius 3 is 2.44 bits per heavy atom. The molecule has 1 heterocycles. The molecule has 0 aromatic heterocycles. The summed E-state index contributed by atoms with van der Waals surface area (Å²) in [5.41, 5.74) is 0.110. The van der Waals surface area contributed by atoms with E-state index in [1.807, 2.05) is 0 Å². The number of thioether (sulfide) groups is 1. The largest absolute Gasteiger partial charge is 0.416 e. The average molecular weight is 276 g/mol. The first kappa shape index (κ1) is 13.7. The molecule has 1 aliphatic rings. The third-order valence-corrected chi connectivity index (χ3v) is 4.62. The van der Waals surface area contributed by atoms with Crippen LogP contribution in [-0.4, -0.2) is 22.2 Å². The molecule has 1 N–H and O–H groups in total. The summed E-state index contributed by atoms with van der Waals surface area (Å²) in [4.78, 5) is 0. The summed E-state index contributed by atoms with van der Waals surface area (Å²) in [5, 5.41) is 10.2. The van der Waals surface area contributed by atoms with Crippen molar-refractivity contribution in [2.24, 2.45) is 0 Å². The Labute approximate surface area is 108 Å². The maximum absolute atomic E-state index is 12.4. The first-order valence-corrected chi connectivity index (χ1v) is 6.97. The van der Waals surface area contributed by atoms with Crippen molar-refractivity contribution in [3.8, 4) is 0 Å². The lowest BCUT2D eigenvalue weighted by molar-refractivity contribution is -0.137. The van der Waals surface area contributed by atoms with Gasteiger partial charge in [-0.3, -0.25) is 0 Å². The summed E-state index contributed by atoms with van der Waals surface area (Å²) >= 11 is 1.75. The molecule has 2 rings (SSSR count). The van der Waals surface area contributed by atoms with Crippen LogP contribution in [0.1, 0.15) is 24.0 Å². The van der Waals surface area contributed by atoms with E-state index in [1.165, 1.54) is 12.1 Å². The molecule has 0 radical (unpaired) electrons. The zero-order valence-corrected chi connectivity index (χ0v) is 10.6. The zero-order valence-electron chi connectivity index (χ0n) is 9.78. The second-order valence-corrected chi connectivity index (χ2v) is 5.86. The quantitative estimate of drug-likeness (QED) is 0.911. The molecule has 1 fully saturated rings. The van der Waals surface area contributed by atoms with Gasteiger partial charge in [0, 0.05) is 5.25 Å². The van der Waals surface area contributed by atoms with E-state index in [9.17, 15) is 18.3 Å². The molecule has 1 saturated heterocycles. The molecular weight excluding hydrogens is 261 g/mol. The molecule has 0 amide bonds. The molecule has 1 nitrogen and oxygen atoms in total. The van der Waals surface area contributed by atoms with Crippen LogP contribution in [0.5, 0.6) is 0 Å². The number of benzene rings is 1. The van der Waals surface area contributed by atoms with Gasteiger partial charge < -0.3 is 5.11 Å². The van der Waals surface area contributed by atoms with Gasteiger partial charge in [-0.2, -0.15) is 24.9 Å². The molecule has 1 aromatic carbocycles. The average Bonchev–Trinajstić information content (AvgIpc) is 2.82. The van der Waals surface area contributed by atoms with E-state index in [-0.39, 0.29) is 5.25 Å². The van der Waals surface area contributed by atoms with E-state index in [2.05, 4.69) is 0 Å². The molecule has 2 unspecified atom stereocenters. The van der Waals surface area contributed by atoms with Gasteiger partial charge in [0.2, 0.25) is 0 Å². The first-order valence-electron chi connectivity index (χ1n) is 5.92. The highest BCUT2D eigenvalue weighted by Gasteiger charge is 2.30. The van der Waals surface area contributed by atoms with Crippen molar-refractivity contribution >= 4 is 11.8 Å². The number of aliphatic hydroxyl groups excluding tert-OH is 1. The van der Waals surface area contributed by atoms with Crippen LogP contribution in [0.15, 0.2) is 24.3 Å². The van der Waals surface area contributed by atoms with Gasteiger partial charge >= 0.3 is 6.18 Å². The molecule has 100 valence electrons. The minimum absolute atomic E-state index is 0.229. The van der Waals surface area contributed by atoms with E-state index < -0.39 is 17.8 Å². The van der Waals surface area contributed by atoms with Gasteiger partial charge in [-0.15, -0.1) is 0 Å². The highest BCUT2D eigenvalue weighted by molar-refractivity contribution is 8.00. The van der Waals surface area contributed by atoms with Crippen LogP contribution in [0.4, 0.5) is 13.2 Å². The monoisotopic (exact) mass is 276 g/mol. The van der Waals surface area contributed by atoms with Crippen molar-refractivity contribution in [2.45, 2.75) is 36.8 Å². The maximum Gasteiger partial charge on any atom is 0.416 e. The third kappa shape index (κ3) is 3.42. The van der Waals surface area contributed by atoms with Crippen molar-refractivity contribution in [3.05, 3.63) is 35.4 Å². The van der Waals surface area contributed by atoms with E-state index in [0.29, 0.717) is 6.42 Å². The van der Waals surface area contributed by atoms with Crippen LogP contribution in [-0.2, 0) is 12.6 Å². The predicted octanol–water partition coefficient (Wildman–Crippen LogP) is 3.50. The van der Waals surface area contributed by atoms with Crippen molar-refractivity contribution in [2.75, 3.05) is 5.75 Å². The SMILES string of the molecule is OC(Cc1ccc(C(F)(F)F)cc1)C1CCCS1. The summed E-state index contributed by atoms with van der Waals surface area (Å²) in [6.07, 6.45) is -2.23. The number of rotatable bonds is 3. The highest BCUT2D eigenvalue weighted by Crippen LogP contribution is 2.31. The van der Waals surface area contributed by atoms with E-state index in [1.54, 1.807) is 11.8 Å². The second kappa shape index (κ2) is 5.53. The smallest absolute Gasteiger partial charge is 0.392 e. The Morgan fingerprint density at radius 1 is 1.28 bits per heavy atom. The van der Waals surface area contributed by atoms with Crippen LogP contribution in [0.25, 0.3) is 0 Å². The molecule has 18 heavy (non-hydrogen) atoms. The Bertz CT molecular complexity index is 382. The fraction of sp³-hybridized carbons (Fsp3) is 0.538. The Balaban J connectivity index is 1.97. The molecule has 0 bridgehead atoms. The van der Waals surface area contributed by atoms with Gasteiger partial charge in [-0.1, -0.05) is 12.1 Å². The van der Waals surface area contributed by atoms with Crippen molar-refractivity contribution in [1.82, 2.24) is 0 Å². The van der Waals surface area contributed by atoms with E-state index >= 15 is 0 Å².